The molecule has 128 valence electrons. The van der Waals surface area contributed by atoms with Gasteiger partial charge in [0.15, 0.2) is 13.2 Å². The van der Waals surface area contributed by atoms with Gasteiger partial charge in [0.2, 0.25) is 0 Å². The second-order valence-corrected chi connectivity index (χ2v) is 5.60. The molecule has 0 atom stereocenters. The molecule has 8 heteroatoms. The standard InChI is InChI=1S/C17H12Cl2N2O4/c18-12-2-1-3-14(6-12)24-10-17(23)25-9-16(22)21-13-5-4-11(8-20)15(19)7-13/h1-7H,9-10H2,(H,21,22). The van der Waals surface area contributed by atoms with Crippen molar-refractivity contribution in [2.24, 2.45) is 0 Å². The molecule has 1 N–H and O–H groups in total. The van der Waals surface area contributed by atoms with Crippen LogP contribution in [0.4, 0.5) is 5.69 Å². The molecular weight excluding hydrogens is 367 g/mol. The first-order chi connectivity index (χ1) is 12.0. The van der Waals surface area contributed by atoms with Crippen LogP contribution in [0, 0.1) is 11.3 Å². The minimum absolute atomic E-state index is 0.215. The second kappa shape index (κ2) is 8.92. The number of carbonyl (C=O) groups is 2. The Kier molecular flexibility index (Phi) is 6.63. The predicted octanol–water partition coefficient (Wildman–Crippen LogP) is 3.43. The third-order valence-corrected chi connectivity index (χ3v) is 3.44. The summed E-state index contributed by atoms with van der Waals surface area (Å²) in [5, 5.41) is 12.0. The van der Waals surface area contributed by atoms with Crippen molar-refractivity contribution < 1.29 is 19.1 Å². The molecule has 0 heterocycles. The first-order valence-electron chi connectivity index (χ1n) is 7.01. The number of nitrogens with one attached hydrogen (secondary N) is 1. The monoisotopic (exact) mass is 378 g/mol. The zero-order valence-corrected chi connectivity index (χ0v) is 14.3. The third-order valence-electron chi connectivity index (χ3n) is 2.89. The Bertz CT molecular complexity index is 834. The number of hydrogen-bond donors (Lipinski definition) is 1. The zero-order chi connectivity index (χ0) is 18.2. The smallest absolute Gasteiger partial charge is 0.344 e. The van der Waals surface area contributed by atoms with E-state index in [0.717, 1.165) is 0 Å². The molecule has 0 aromatic heterocycles. The van der Waals surface area contributed by atoms with Crippen molar-refractivity contribution in [2.45, 2.75) is 0 Å². The summed E-state index contributed by atoms with van der Waals surface area (Å²) >= 11 is 11.7. The molecule has 25 heavy (non-hydrogen) atoms. The minimum Gasteiger partial charge on any atom is -0.482 e. The number of amides is 1. The average molecular weight is 379 g/mol. The van der Waals surface area contributed by atoms with Gasteiger partial charge in [0, 0.05) is 10.7 Å². The van der Waals surface area contributed by atoms with Crippen molar-refractivity contribution in [3.63, 3.8) is 0 Å². The second-order valence-electron chi connectivity index (χ2n) is 4.76. The van der Waals surface area contributed by atoms with Crippen molar-refractivity contribution >= 4 is 40.8 Å². The highest BCUT2D eigenvalue weighted by molar-refractivity contribution is 6.32. The Balaban J connectivity index is 1.76. The highest BCUT2D eigenvalue weighted by Crippen LogP contribution is 2.20. The van der Waals surface area contributed by atoms with Crippen LogP contribution in [-0.2, 0) is 14.3 Å². The van der Waals surface area contributed by atoms with E-state index >= 15 is 0 Å². The zero-order valence-electron chi connectivity index (χ0n) is 12.8. The number of esters is 1. The van der Waals surface area contributed by atoms with Crippen molar-refractivity contribution in [1.29, 1.82) is 5.26 Å². The lowest BCUT2D eigenvalue weighted by atomic mass is 10.2. The lowest BCUT2D eigenvalue weighted by Gasteiger charge is -2.08. The van der Waals surface area contributed by atoms with Gasteiger partial charge < -0.3 is 14.8 Å². The fourth-order valence-corrected chi connectivity index (χ4v) is 2.17. The number of benzene rings is 2. The number of ether oxygens (including phenoxy) is 2. The summed E-state index contributed by atoms with van der Waals surface area (Å²) in [6.07, 6.45) is 0. The molecule has 6 nitrogen and oxygen atoms in total. The summed E-state index contributed by atoms with van der Waals surface area (Å²) in [6.45, 7) is -0.828. The molecule has 0 saturated carbocycles. The summed E-state index contributed by atoms with van der Waals surface area (Å²) < 4.78 is 10.0. The molecule has 1 amide bonds. The summed E-state index contributed by atoms with van der Waals surface area (Å²) in [5.74, 6) is -0.828. The van der Waals surface area contributed by atoms with Crippen LogP contribution in [0.5, 0.6) is 5.75 Å². The van der Waals surface area contributed by atoms with Gasteiger partial charge in [-0.15, -0.1) is 0 Å². The first kappa shape index (κ1) is 18.6. The number of nitriles is 1. The molecule has 0 saturated heterocycles. The highest BCUT2D eigenvalue weighted by atomic mass is 35.5. The van der Waals surface area contributed by atoms with Crippen molar-refractivity contribution in [2.75, 3.05) is 18.5 Å². The quantitative estimate of drug-likeness (QED) is 0.777. The molecule has 0 aliphatic carbocycles. The first-order valence-corrected chi connectivity index (χ1v) is 7.77. The van der Waals surface area contributed by atoms with Crippen molar-refractivity contribution in [3.8, 4) is 11.8 Å². The van der Waals surface area contributed by atoms with E-state index in [0.29, 0.717) is 22.0 Å². The number of anilines is 1. The van der Waals surface area contributed by atoms with E-state index in [-0.39, 0.29) is 11.6 Å². The number of nitrogens with zero attached hydrogens (tertiary/aromatic N) is 1. The number of hydrogen-bond acceptors (Lipinski definition) is 5. The van der Waals surface area contributed by atoms with E-state index in [2.05, 4.69) is 5.32 Å². The molecule has 0 spiro atoms. The van der Waals surface area contributed by atoms with Gasteiger partial charge in [0.25, 0.3) is 5.91 Å². The van der Waals surface area contributed by atoms with Crippen molar-refractivity contribution in [1.82, 2.24) is 0 Å². The molecule has 2 rings (SSSR count). The summed E-state index contributed by atoms with van der Waals surface area (Å²) in [6, 6.07) is 12.9. The topological polar surface area (TPSA) is 88.4 Å². The molecular formula is C17H12Cl2N2O4. The Morgan fingerprint density at radius 2 is 1.92 bits per heavy atom. The van der Waals surface area contributed by atoms with Crippen molar-refractivity contribution in [3.05, 3.63) is 58.1 Å². The van der Waals surface area contributed by atoms with E-state index in [1.165, 1.54) is 18.2 Å². The van der Waals surface area contributed by atoms with Crippen LogP contribution in [0.25, 0.3) is 0 Å². The Labute approximate surface area is 153 Å². The van der Waals surface area contributed by atoms with Gasteiger partial charge in [0.05, 0.1) is 10.6 Å². The van der Waals surface area contributed by atoms with Gasteiger partial charge in [0.1, 0.15) is 11.8 Å². The minimum atomic E-state index is -0.701. The fourth-order valence-electron chi connectivity index (χ4n) is 1.77. The fraction of sp³-hybridized carbons (Fsp3) is 0.118. The summed E-state index contributed by atoms with van der Waals surface area (Å²) in [7, 11) is 0. The van der Waals surface area contributed by atoms with Crippen LogP contribution in [0.15, 0.2) is 42.5 Å². The van der Waals surface area contributed by atoms with Crippen LogP contribution in [-0.4, -0.2) is 25.1 Å². The van der Waals surface area contributed by atoms with E-state index in [9.17, 15) is 9.59 Å². The lowest BCUT2D eigenvalue weighted by molar-refractivity contribution is -0.149. The normalized spacial score (nSPS) is 9.80. The molecule has 0 aliphatic rings. The number of rotatable bonds is 6. The van der Waals surface area contributed by atoms with Gasteiger partial charge in [-0.25, -0.2) is 4.79 Å². The van der Waals surface area contributed by atoms with E-state index in [4.69, 9.17) is 37.9 Å². The van der Waals surface area contributed by atoms with Crippen LogP contribution in [0.3, 0.4) is 0 Å². The van der Waals surface area contributed by atoms with Gasteiger partial charge >= 0.3 is 5.97 Å². The largest absolute Gasteiger partial charge is 0.482 e. The molecule has 0 bridgehead atoms. The third kappa shape index (κ3) is 5.99. The van der Waals surface area contributed by atoms with E-state index < -0.39 is 18.5 Å². The maximum Gasteiger partial charge on any atom is 0.344 e. The van der Waals surface area contributed by atoms with Gasteiger partial charge in [-0.2, -0.15) is 5.26 Å². The van der Waals surface area contributed by atoms with Crippen LogP contribution in [0.1, 0.15) is 5.56 Å². The van der Waals surface area contributed by atoms with Gasteiger partial charge in [-0.3, -0.25) is 4.79 Å². The van der Waals surface area contributed by atoms with Crippen LogP contribution < -0.4 is 10.1 Å². The number of carbonyl (C=O) groups excluding carboxylic acids is 2. The molecule has 0 unspecified atom stereocenters. The molecule has 0 fully saturated rings. The maximum atomic E-state index is 11.7. The summed E-state index contributed by atoms with van der Waals surface area (Å²) in [5.41, 5.74) is 0.685. The van der Waals surface area contributed by atoms with E-state index in [1.807, 2.05) is 6.07 Å². The van der Waals surface area contributed by atoms with Gasteiger partial charge in [-0.05, 0) is 36.4 Å². The summed E-state index contributed by atoms with van der Waals surface area (Å²) in [4.78, 5) is 23.3. The SMILES string of the molecule is N#Cc1ccc(NC(=O)COC(=O)COc2cccc(Cl)c2)cc1Cl. The Morgan fingerprint density at radius 3 is 2.60 bits per heavy atom. The molecule has 0 radical (unpaired) electrons. The molecule has 2 aromatic rings. The number of halogens is 2. The predicted molar refractivity (Wildman–Crippen MR) is 92.7 cm³/mol. The Hall–Kier alpha value is -2.75. The van der Waals surface area contributed by atoms with E-state index in [1.54, 1.807) is 24.3 Å². The van der Waals surface area contributed by atoms with Crippen LogP contribution in [0.2, 0.25) is 10.0 Å². The molecule has 0 aliphatic heterocycles. The van der Waals surface area contributed by atoms with Crippen LogP contribution >= 0.6 is 23.2 Å². The lowest BCUT2D eigenvalue weighted by Crippen LogP contribution is -2.23. The Morgan fingerprint density at radius 1 is 1.12 bits per heavy atom. The highest BCUT2D eigenvalue weighted by Gasteiger charge is 2.10. The average Bonchev–Trinajstić information content (AvgIpc) is 2.58. The maximum absolute atomic E-state index is 11.7. The molecule has 2 aromatic carbocycles. The van der Waals surface area contributed by atoms with Gasteiger partial charge in [-0.1, -0.05) is 29.3 Å².